The van der Waals surface area contributed by atoms with Crippen LogP contribution < -0.4 is 5.73 Å². The predicted octanol–water partition coefficient (Wildman–Crippen LogP) is 1.90. The first-order chi connectivity index (χ1) is 12.6. The van der Waals surface area contributed by atoms with E-state index < -0.39 is 11.7 Å². The van der Waals surface area contributed by atoms with Crippen LogP contribution in [0.15, 0.2) is 54.6 Å². The Hall–Kier alpha value is -2.21. The Morgan fingerprint density at radius 1 is 1.19 bits per heavy atom. The number of nitrogens with two attached hydrogens (primary N) is 1. The second kappa shape index (κ2) is 6.83. The number of benzene rings is 2. The molecule has 4 rings (SSSR count). The third kappa shape index (κ3) is 3.03. The lowest BCUT2D eigenvalue weighted by molar-refractivity contribution is -0.0591. The van der Waals surface area contributed by atoms with Crippen molar-refractivity contribution in [3.8, 4) is 0 Å². The van der Waals surface area contributed by atoms with Gasteiger partial charge in [0, 0.05) is 24.6 Å². The molecule has 0 radical (unpaired) electrons. The van der Waals surface area contributed by atoms with Crippen LogP contribution in [0.5, 0.6) is 0 Å². The van der Waals surface area contributed by atoms with Crippen LogP contribution in [0.4, 0.5) is 0 Å². The molecule has 1 spiro atoms. The minimum Gasteiger partial charge on any atom is -0.388 e. The van der Waals surface area contributed by atoms with E-state index in [2.05, 4.69) is 12.1 Å². The first-order valence-corrected chi connectivity index (χ1v) is 9.06. The number of carbonyl (C=O) groups is 1. The van der Waals surface area contributed by atoms with Gasteiger partial charge in [0.25, 0.3) is 5.91 Å². The molecule has 2 heterocycles. The molecule has 2 aromatic carbocycles. The quantitative estimate of drug-likeness (QED) is 0.885. The summed E-state index contributed by atoms with van der Waals surface area (Å²) in [6.07, 6.45) is 0.0668. The monoisotopic (exact) mass is 352 g/mol. The molecule has 2 saturated heterocycles. The summed E-state index contributed by atoms with van der Waals surface area (Å²) in [6.45, 7) is 1.76. The molecular weight excluding hydrogens is 328 g/mol. The number of ether oxygens (including phenoxy) is 1. The molecule has 2 aliphatic rings. The molecular formula is C21H24N2O3. The largest absolute Gasteiger partial charge is 0.388 e. The number of rotatable bonds is 3. The van der Waals surface area contributed by atoms with Crippen molar-refractivity contribution >= 4 is 5.91 Å². The van der Waals surface area contributed by atoms with Crippen LogP contribution in [-0.2, 0) is 11.3 Å². The number of hydrogen-bond acceptors (Lipinski definition) is 4. The maximum absolute atomic E-state index is 12.8. The van der Waals surface area contributed by atoms with Gasteiger partial charge in [-0.2, -0.15) is 0 Å². The minimum atomic E-state index is -0.663. The Kier molecular flexibility index (Phi) is 4.53. The number of aliphatic hydroxyl groups excluding tert-OH is 1. The van der Waals surface area contributed by atoms with E-state index >= 15 is 0 Å². The van der Waals surface area contributed by atoms with Gasteiger partial charge in [0.1, 0.15) is 11.7 Å². The summed E-state index contributed by atoms with van der Waals surface area (Å²) in [6, 6.07) is 17.6. The van der Waals surface area contributed by atoms with Crippen molar-refractivity contribution in [3.63, 3.8) is 0 Å². The van der Waals surface area contributed by atoms with E-state index in [0.29, 0.717) is 31.8 Å². The zero-order valence-electron chi connectivity index (χ0n) is 14.7. The summed E-state index contributed by atoms with van der Waals surface area (Å²) in [7, 11) is 0. The number of aliphatic hydroxyl groups is 1. The van der Waals surface area contributed by atoms with Gasteiger partial charge in [0.15, 0.2) is 0 Å². The van der Waals surface area contributed by atoms with Crippen LogP contribution in [0.3, 0.4) is 0 Å². The molecule has 5 nitrogen and oxygen atoms in total. The highest BCUT2D eigenvalue weighted by Gasteiger charge is 2.53. The molecule has 2 fully saturated rings. The first-order valence-electron chi connectivity index (χ1n) is 9.06. The maximum Gasteiger partial charge on any atom is 0.254 e. The second-order valence-electron chi connectivity index (χ2n) is 7.29. The molecule has 0 saturated carbocycles. The van der Waals surface area contributed by atoms with Gasteiger partial charge in [-0.15, -0.1) is 0 Å². The van der Waals surface area contributed by atoms with Gasteiger partial charge in [-0.3, -0.25) is 4.79 Å². The van der Waals surface area contributed by atoms with Crippen LogP contribution in [0.1, 0.15) is 33.8 Å². The molecule has 3 atom stereocenters. The normalized spacial score (nSPS) is 28.0. The number of hydrogen-bond donors (Lipinski definition) is 2. The number of nitrogens with zero attached hydrogens (tertiary/aromatic N) is 1. The fourth-order valence-corrected chi connectivity index (χ4v) is 4.07. The number of carbonyl (C=O) groups excluding carboxylic acids is 1. The average Bonchev–Trinajstić information content (AvgIpc) is 3.26. The Morgan fingerprint density at radius 3 is 2.62 bits per heavy atom. The average molecular weight is 352 g/mol. The minimum absolute atomic E-state index is 0.0729. The van der Waals surface area contributed by atoms with E-state index in [-0.39, 0.29) is 11.8 Å². The van der Waals surface area contributed by atoms with Crippen molar-refractivity contribution in [2.45, 2.75) is 30.6 Å². The maximum atomic E-state index is 12.8. The van der Waals surface area contributed by atoms with Gasteiger partial charge in [0.05, 0.1) is 13.2 Å². The SMILES string of the molecule is NCc1ccc(C(=O)N2C[C@@H](O)[C@@]3(C[C@H](c4ccccc4)CO3)C2)cc1. The van der Waals surface area contributed by atoms with Gasteiger partial charge < -0.3 is 20.5 Å². The van der Waals surface area contributed by atoms with Gasteiger partial charge in [-0.05, 0) is 29.7 Å². The zero-order chi connectivity index (χ0) is 18.1. The number of β-amino-alcohol motifs (C(OH)–C–C–N with tert-alkyl or cyclic N) is 1. The Balaban J connectivity index is 1.48. The van der Waals surface area contributed by atoms with Gasteiger partial charge in [0.2, 0.25) is 0 Å². The highest BCUT2D eigenvalue weighted by Crippen LogP contribution is 2.42. The Bertz CT molecular complexity index is 778. The fourth-order valence-electron chi connectivity index (χ4n) is 4.07. The highest BCUT2D eigenvalue weighted by atomic mass is 16.5. The lowest BCUT2D eigenvalue weighted by atomic mass is 9.87. The fraction of sp³-hybridized carbons (Fsp3) is 0.381. The number of amides is 1. The van der Waals surface area contributed by atoms with E-state index in [4.69, 9.17) is 10.5 Å². The molecule has 0 unspecified atom stereocenters. The molecule has 2 aliphatic heterocycles. The lowest BCUT2D eigenvalue weighted by Gasteiger charge is -2.26. The predicted molar refractivity (Wildman–Crippen MR) is 98.7 cm³/mol. The van der Waals surface area contributed by atoms with E-state index in [1.807, 2.05) is 30.3 Å². The van der Waals surface area contributed by atoms with Gasteiger partial charge >= 0.3 is 0 Å². The van der Waals surface area contributed by atoms with Gasteiger partial charge in [-0.25, -0.2) is 0 Å². The molecule has 0 aromatic heterocycles. The van der Waals surface area contributed by atoms with Crippen molar-refractivity contribution in [1.82, 2.24) is 4.90 Å². The van der Waals surface area contributed by atoms with Crippen LogP contribution in [-0.4, -0.2) is 47.3 Å². The summed E-state index contributed by atoms with van der Waals surface area (Å²) in [5, 5.41) is 10.7. The third-order valence-corrected chi connectivity index (χ3v) is 5.62. The van der Waals surface area contributed by atoms with Crippen LogP contribution in [0, 0.1) is 0 Å². The Labute approximate surface area is 153 Å². The smallest absolute Gasteiger partial charge is 0.254 e. The van der Waals surface area contributed by atoms with Crippen LogP contribution >= 0.6 is 0 Å². The van der Waals surface area contributed by atoms with Crippen LogP contribution in [0.25, 0.3) is 0 Å². The van der Waals surface area contributed by atoms with E-state index in [1.165, 1.54) is 5.56 Å². The van der Waals surface area contributed by atoms with E-state index in [1.54, 1.807) is 17.0 Å². The topological polar surface area (TPSA) is 75.8 Å². The van der Waals surface area contributed by atoms with Gasteiger partial charge in [-0.1, -0.05) is 42.5 Å². The molecule has 0 bridgehead atoms. The van der Waals surface area contributed by atoms with E-state index in [9.17, 15) is 9.90 Å². The standard InChI is InChI=1S/C21H24N2O3/c22-11-15-6-8-17(9-7-15)20(25)23-12-19(24)21(14-23)10-18(13-26-21)16-4-2-1-3-5-16/h1-9,18-19,24H,10-14,22H2/t18-,19+,21+/m0/s1. The molecule has 2 aromatic rings. The molecule has 3 N–H and O–H groups in total. The third-order valence-electron chi connectivity index (χ3n) is 5.62. The molecule has 0 aliphatic carbocycles. The number of likely N-dealkylation sites (tertiary alicyclic amines) is 1. The summed E-state index contributed by atoms with van der Waals surface area (Å²) < 4.78 is 6.07. The summed E-state index contributed by atoms with van der Waals surface area (Å²) in [5.41, 5.74) is 7.78. The van der Waals surface area contributed by atoms with Crippen molar-refractivity contribution < 1.29 is 14.6 Å². The zero-order valence-corrected chi connectivity index (χ0v) is 14.7. The second-order valence-corrected chi connectivity index (χ2v) is 7.29. The lowest BCUT2D eigenvalue weighted by Crippen LogP contribution is -2.41. The summed E-state index contributed by atoms with van der Waals surface area (Å²) >= 11 is 0. The Morgan fingerprint density at radius 2 is 1.92 bits per heavy atom. The van der Waals surface area contributed by atoms with Crippen molar-refractivity contribution in [2.75, 3.05) is 19.7 Å². The van der Waals surface area contributed by atoms with Crippen LogP contribution in [0.2, 0.25) is 0 Å². The van der Waals surface area contributed by atoms with Crippen molar-refractivity contribution in [1.29, 1.82) is 0 Å². The van der Waals surface area contributed by atoms with Crippen molar-refractivity contribution in [2.24, 2.45) is 5.73 Å². The molecule has 5 heteroatoms. The highest BCUT2D eigenvalue weighted by molar-refractivity contribution is 5.94. The van der Waals surface area contributed by atoms with E-state index in [0.717, 1.165) is 12.0 Å². The summed E-state index contributed by atoms with van der Waals surface area (Å²) in [4.78, 5) is 14.5. The molecule has 136 valence electrons. The van der Waals surface area contributed by atoms with Crippen molar-refractivity contribution in [3.05, 3.63) is 71.3 Å². The first kappa shape index (κ1) is 17.2. The summed E-state index contributed by atoms with van der Waals surface area (Å²) in [5.74, 6) is 0.181. The molecule has 26 heavy (non-hydrogen) atoms. The molecule has 1 amide bonds.